The standard InChI is InChI=1S/C22H20N4O3/c1-29-22(28)15-7-9-25-20(11-15)19-10-14(6-8-24-19)21(27)26-16-4-2-13(3-5-16)17-12-18(17)23/h2-11,17-18H,12,23H2,1H3,(H,26,27)/t17-,18+/m0/s1. The van der Waals surface area contributed by atoms with Gasteiger partial charge in [0.1, 0.15) is 0 Å². The van der Waals surface area contributed by atoms with E-state index in [4.69, 9.17) is 10.5 Å². The highest BCUT2D eigenvalue weighted by Crippen LogP contribution is 2.39. The molecule has 7 heteroatoms. The van der Waals surface area contributed by atoms with Gasteiger partial charge in [0, 0.05) is 35.6 Å². The van der Waals surface area contributed by atoms with Gasteiger partial charge in [-0.1, -0.05) is 12.1 Å². The Labute approximate surface area is 167 Å². The van der Waals surface area contributed by atoms with E-state index in [1.165, 1.54) is 25.1 Å². The van der Waals surface area contributed by atoms with Crippen LogP contribution in [0.1, 0.15) is 38.6 Å². The van der Waals surface area contributed by atoms with Gasteiger partial charge in [0.05, 0.1) is 24.1 Å². The van der Waals surface area contributed by atoms with E-state index in [1.807, 2.05) is 24.3 Å². The van der Waals surface area contributed by atoms with Crippen molar-refractivity contribution in [1.82, 2.24) is 9.97 Å². The van der Waals surface area contributed by atoms with Crippen molar-refractivity contribution in [2.45, 2.75) is 18.4 Å². The van der Waals surface area contributed by atoms with Crippen LogP contribution in [0, 0.1) is 0 Å². The topological polar surface area (TPSA) is 107 Å². The van der Waals surface area contributed by atoms with Gasteiger partial charge in [-0.05, 0) is 48.4 Å². The van der Waals surface area contributed by atoms with E-state index in [0.29, 0.717) is 34.1 Å². The quantitative estimate of drug-likeness (QED) is 0.651. The van der Waals surface area contributed by atoms with Crippen LogP contribution in [-0.2, 0) is 4.74 Å². The molecule has 146 valence electrons. The molecule has 1 aromatic carbocycles. The predicted octanol–water partition coefficient (Wildman–Crippen LogP) is 3.00. The number of hydrogen-bond donors (Lipinski definition) is 2. The van der Waals surface area contributed by atoms with Crippen LogP contribution in [0.25, 0.3) is 11.4 Å². The molecule has 3 N–H and O–H groups in total. The van der Waals surface area contributed by atoms with Gasteiger partial charge in [0.25, 0.3) is 5.91 Å². The number of nitrogens with two attached hydrogens (primary N) is 1. The van der Waals surface area contributed by atoms with E-state index in [9.17, 15) is 9.59 Å². The minimum Gasteiger partial charge on any atom is -0.465 e. The van der Waals surface area contributed by atoms with Gasteiger partial charge in [-0.2, -0.15) is 0 Å². The molecule has 2 aromatic heterocycles. The molecule has 0 saturated heterocycles. The van der Waals surface area contributed by atoms with Crippen LogP contribution in [0.3, 0.4) is 0 Å². The number of amides is 1. The number of hydrogen-bond acceptors (Lipinski definition) is 6. The molecule has 1 amide bonds. The number of nitrogens with zero attached hydrogens (tertiary/aromatic N) is 2. The van der Waals surface area contributed by atoms with Crippen molar-refractivity contribution in [3.8, 4) is 11.4 Å². The van der Waals surface area contributed by atoms with Gasteiger partial charge in [-0.25, -0.2) is 4.79 Å². The third-order valence-corrected chi connectivity index (χ3v) is 4.90. The van der Waals surface area contributed by atoms with Crippen molar-refractivity contribution < 1.29 is 14.3 Å². The van der Waals surface area contributed by atoms with E-state index in [0.717, 1.165) is 6.42 Å². The summed E-state index contributed by atoms with van der Waals surface area (Å²) >= 11 is 0. The molecule has 7 nitrogen and oxygen atoms in total. The summed E-state index contributed by atoms with van der Waals surface area (Å²) in [5.41, 5.74) is 9.55. The summed E-state index contributed by atoms with van der Waals surface area (Å²) in [5.74, 6) is -0.289. The first-order valence-electron chi connectivity index (χ1n) is 9.23. The van der Waals surface area contributed by atoms with Crippen molar-refractivity contribution in [2.24, 2.45) is 5.73 Å². The van der Waals surface area contributed by atoms with Gasteiger partial charge in [0.2, 0.25) is 0 Å². The second-order valence-corrected chi connectivity index (χ2v) is 6.93. The lowest BCUT2D eigenvalue weighted by Crippen LogP contribution is -2.12. The van der Waals surface area contributed by atoms with Crippen molar-refractivity contribution in [2.75, 3.05) is 12.4 Å². The lowest BCUT2D eigenvalue weighted by Gasteiger charge is -2.08. The zero-order valence-electron chi connectivity index (χ0n) is 15.8. The first-order valence-corrected chi connectivity index (χ1v) is 9.23. The Kier molecular flexibility index (Phi) is 5.05. The molecule has 0 unspecified atom stereocenters. The summed E-state index contributed by atoms with van der Waals surface area (Å²) in [6.45, 7) is 0. The van der Waals surface area contributed by atoms with Crippen molar-refractivity contribution >= 4 is 17.6 Å². The largest absolute Gasteiger partial charge is 0.465 e. The molecule has 1 aliphatic rings. The first-order chi connectivity index (χ1) is 14.0. The molecule has 4 rings (SSSR count). The zero-order valence-corrected chi connectivity index (χ0v) is 15.8. The number of carbonyl (C=O) groups excluding carboxylic acids is 2. The van der Waals surface area contributed by atoms with Gasteiger partial charge in [-0.15, -0.1) is 0 Å². The van der Waals surface area contributed by atoms with E-state index in [2.05, 4.69) is 15.3 Å². The number of carbonyl (C=O) groups is 2. The Bertz CT molecular complexity index is 1070. The fraction of sp³-hybridized carbons (Fsp3) is 0.182. The number of esters is 1. The van der Waals surface area contributed by atoms with Crippen LogP contribution in [-0.4, -0.2) is 35.0 Å². The van der Waals surface area contributed by atoms with Gasteiger partial charge in [-0.3, -0.25) is 14.8 Å². The van der Waals surface area contributed by atoms with Crippen LogP contribution in [0.15, 0.2) is 60.9 Å². The number of benzene rings is 1. The number of anilines is 1. The Morgan fingerprint density at radius 2 is 1.59 bits per heavy atom. The second kappa shape index (κ2) is 7.81. The van der Waals surface area contributed by atoms with Gasteiger partial charge >= 0.3 is 5.97 Å². The van der Waals surface area contributed by atoms with Crippen molar-refractivity contribution in [3.63, 3.8) is 0 Å². The molecule has 0 bridgehead atoms. The summed E-state index contributed by atoms with van der Waals surface area (Å²) in [6, 6.07) is 14.4. The highest BCUT2D eigenvalue weighted by molar-refractivity contribution is 6.04. The number of ether oxygens (including phenoxy) is 1. The fourth-order valence-electron chi connectivity index (χ4n) is 3.14. The van der Waals surface area contributed by atoms with E-state index >= 15 is 0 Å². The minimum absolute atomic E-state index is 0.247. The average molecular weight is 388 g/mol. The Morgan fingerprint density at radius 1 is 1.00 bits per heavy atom. The molecule has 3 aromatic rings. The molecule has 1 aliphatic carbocycles. The second-order valence-electron chi connectivity index (χ2n) is 6.93. The van der Waals surface area contributed by atoms with Crippen molar-refractivity contribution in [3.05, 3.63) is 77.6 Å². The molecule has 29 heavy (non-hydrogen) atoms. The number of rotatable bonds is 5. The maximum Gasteiger partial charge on any atom is 0.337 e. The van der Waals surface area contributed by atoms with Crippen LogP contribution in [0.5, 0.6) is 0 Å². The zero-order chi connectivity index (χ0) is 20.4. The van der Waals surface area contributed by atoms with Crippen LogP contribution in [0.2, 0.25) is 0 Å². The summed E-state index contributed by atoms with van der Waals surface area (Å²) in [5, 5.41) is 2.88. The number of aromatic nitrogens is 2. The Balaban J connectivity index is 1.51. The summed E-state index contributed by atoms with van der Waals surface area (Å²) in [4.78, 5) is 32.9. The number of pyridine rings is 2. The molecular weight excluding hydrogens is 368 g/mol. The summed E-state index contributed by atoms with van der Waals surface area (Å²) < 4.78 is 4.73. The molecule has 2 atom stereocenters. The van der Waals surface area contributed by atoms with Crippen LogP contribution < -0.4 is 11.1 Å². The molecule has 0 aliphatic heterocycles. The first kappa shape index (κ1) is 18.8. The summed E-state index contributed by atoms with van der Waals surface area (Å²) in [6.07, 6.45) is 4.05. The molecular formula is C22H20N4O3. The predicted molar refractivity (Wildman–Crippen MR) is 109 cm³/mol. The highest BCUT2D eigenvalue weighted by Gasteiger charge is 2.34. The lowest BCUT2D eigenvalue weighted by atomic mass is 10.1. The average Bonchev–Trinajstić information content (AvgIpc) is 3.50. The summed E-state index contributed by atoms with van der Waals surface area (Å²) in [7, 11) is 1.32. The van der Waals surface area contributed by atoms with E-state index in [1.54, 1.807) is 24.3 Å². The normalized spacial score (nSPS) is 17.4. The molecule has 0 radical (unpaired) electrons. The Hall–Kier alpha value is -3.58. The van der Waals surface area contributed by atoms with Gasteiger partial charge < -0.3 is 15.8 Å². The fourth-order valence-corrected chi connectivity index (χ4v) is 3.14. The maximum atomic E-state index is 12.6. The molecule has 0 spiro atoms. The smallest absolute Gasteiger partial charge is 0.337 e. The Morgan fingerprint density at radius 3 is 2.17 bits per heavy atom. The minimum atomic E-state index is -0.460. The van der Waals surface area contributed by atoms with E-state index in [-0.39, 0.29) is 11.9 Å². The van der Waals surface area contributed by atoms with Crippen LogP contribution in [0.4, 0.5) is 5.69 Å². The highest BCUT2D eigenvalue weighted by atomic mass is 16.5. The monoisotopic (exact) mass is 388 g/mol. The molecule has 1 saturated carbocycles. The van der Waals surface area contributed by atoms with E-state index < -0.39 is 5.97 Å². The van der Waals surface area contributed by atoms with Crippen LogP contribution >= 0.6 is 0 Å². The lowest BCUT2D eigenvalue weighted by molar-refractivity contribution is 0.0600. The molecule has 2 heterocycles. The number of nitrogens with one attached hydrogen (secondary N) is 1. The third-order valence-electron chi connectivity index (χ3n) is 4.90. The third kappa shape index (κ3) is 4.14. The SMILES string of the molecule is COC(=O)c1ccnc(-c2cc(C(=O)Nc3ccc([C@@H]4C[C@H]4N)cc3)ccn2)c1. The van der Waals surface area contributed by atoms with Gasteiger partial charge in [0.15, 0.2) is 0 Å². The molecule has 1 fully saturated rings. The number of methoxy groups -OCH3 is 1. The maximum absolute atomic E-state index is 12.6. The van der Waals surface area contributed by atoms with Crippen molar-refractivity contribution in [1.29, 1.82) is 0 Å².